The summed E-state index contributed by atoms with van der Waals surface area (Å²) < 4.78 is 13.1. The Labute approximate surface area is 426 Å². The molecule has 4 heterocycles. The van der Waals surface area contributed by atoms with Gasteiger partial charge in [-0.1, -0.05) is 193 Å². The normalized spacial score (nSPS) is 13.3. The maximum absolute atomic E-state index is 6.56. The van der Waals surface area contributed by atoms with Gasteiger partial charge in [0, 0.05) is 66.8 Å². The van der Waals surface area contributed by atoms with Crippen LogP contribution in [0.3, 0.4) is 0 Å². The summed E-state index contributed by atoms with van der Waals surface area (Å²) in [6.07, 6.45) is 0. The molecular weight excluding hydrogens is 888 g/mol. The highest BCUT2D eigenvalue weighted by Gasteiger charge is 2.44. The fraction of sp³-hybridized carbons (Fsp3) is 0.118. The lowest BCUT2D eigenvalue weighted by atomic mass is 9.33. The molecule has 0 fully saturated rings. The van der Waals surface area contributed by atoms with Gasteiger partial charge in [0.2, 0.25) is 0 Å². The second-order valence-electron chi connectivity index (χ2n) is 22.1. The third-order valence-corrected chi connectivity index (χ3v) is 15.6. The van der Waals surface area contributed by atoms with E-state index in [2.05, 4.69) is 252 Å². The monoisotopic (exact) mass is 940 g/mol. The molecule has 73 heavy (non-hydrogen) atoms. The lowest BCUT2D eigenvalue weighted by molar-refractivity contribution is 0.590. The number of fused-ring (bicyclic) bond motifs is 10. The fourth-order valence-corrected chi connectivity index (χ4v) is 11.8. The second kappa shape index (κ2) is 16.0. The first-order valence-electron chi connectivity index (χ1n) is 25.6. The first kappa shape index (κ1) is 43.3. The molecule has 2 aromatic heterocycles. The largest absolute Gasteiger partial charge is 0.455 e. The Morgan fingerprint density at radius 3 is 1.22 bits per heavy atom. The van der Waals surface area contributed by atoms with Crippen molar-refractivity contribution in [3.63, 3.8) is 0 Å². The van der Waals surface area contributed by atoms with Crippen LogP contribution >= 0.6 is 0 Å². The van der Waals surface area contributed by atoms with Gasteiger partial charge < -0.3 is 18.6 Å². The lowest BCUT2D eigenvalue weighted by Crippen LogP contribution is -2.61. The molecular formula is C68H53BN2O2. The van der Waals surface area contributed by atoms with Crippen LogP contribution in [0.25, 0.3) is 77.3 Å². The Bertz CT molecular complexity index is 3920. The molecule has 0 saturated heterocycles. The predicted octanol–water partition coefficient (Wildman–Crippen LogP) is 17.2. The van der Waals surface area contributed by atoms with Crippen molar-refractivity contribution < 1.29 is 8.83 Å². The summed E-state index contributed by atoms with van der Waals surface area (Å²) in [5, 5.41) is 4.53. The third-order valence-electron chi connectivity index (χ3n) is 15.6. The molecule has 0 bridgehead atoms. The SMILES string of the molecule is CC(C)(C)c1ccc2c(c1)B1c3cc(C(C)(C)C)ccc3N(c3ccc(-c4cccc5c4oc4ccccc45)cc3)c3cc(-c4ccccc4)cc(c31)N2c1ccc(-c2cccc3c2oc2ccccc23)cc1. The number of hydrogen-bond acceptors (Lipinski definition) is 4. The van der Waals surface area contributed by atoms with Gasteiger partial charge in [-0.2, -0.15) is 0 Å². The van der Waals surface area contributed by atoms with E-state index in [9.17, 15) is 0 Å². The summed E-state index contributed by atoms with van der Waals surface area (Å²) in [6, 6.07) is 78.2. The van der Waals surface area contributed by atoms with Crippen molar-refractivity contribution in [3.05, 3.63) is 223 Å². The minimum atomic E-state index is -0.0648. The molecule has 0 radical (unpaired) electrons. The van der Waals surface area contributed by atoms with Gasteiger partial charge in [0.1, 0.15) is 22.3 Å². The van der Waals surface area contributed by atoms with Crippen LogP contribution in [-0.2, 0) is 10.8 Å². The molecule has 0 amide bonds. The molecule has 0 atom stereocenters. The average molecular weight is 941 g/mol. The van der Waals surface area contributed by atoms with E-state index in [4.69, 9.17) is 8.83 Å². The van der Waals surface area contributed by atoms with Crippen molar-refractivity contribution in [1.82, 2.24) is 0 Å². The van der Waals surface area contributed by atoms with E-state index in [0.717, 1.165) is 83.1 Å². The maximum Gasteiger partial charge on any atom is 0.252 e. The summed E-state index contributed by atoms with van der Waals surface area (Å²) in [4.78, 5) is 5.06. The van der Waals surface area contributed by atoms with E-state index in [1.165, 1.54) is 55.8 Å². The summed E-state index contributed by atoms with van der Waals surface area (Å²) in [6.45, 7) is 13.9. The highest BCUT2D eigenvalue weighted by atomic mass is 16.3. The molecule has 2 aliphatic heterocycles. The van der Waals surface area contributed by atoms with Crippen LogP contribution in [0.5, 0.6) is 0 Å². The number of nitrogens with zero attached hydrogens (tertiary/aromatic N) is 2. The number of furan rings is 2. The Kier molecular flexibility index (Phi) is 9.47. The van der Waals surface area contributed by atoms with Crippen LogP contribution in [-0.4, -0.2) is 6.71 Å². The van der Waals surface area contributed by atoms with Crippen LogP contribution in [0.1, 0.15) is 52.7 Å². The Balaban J connectivity index is 1.00. The van der Waals surface area contributed by atoms with Crippen LogP contribution in [0, 0.1) is 0 Å². The standard InChI is InChI=1S/C68H53BN2O2/c1-67(2,3)46-30-36-58-56(40-46)69-57-41-47(68(4,5)6)31-37-59(57)71(49-34-28-44(29-35-49)51-21-15-23-55-53-19-11-13-25-63(53)73-66(51)55)61-39-45(42-16-8-7-9-17-42)38-60(64(61)69)70(58)48-32-26-43(27-33-48)50-20-14-22-54-52-18-10-12-24-62(52)72-65(50)54/h7-41H,1-6H3. The van der Waals surface area contributed by atoms with Crippen molar-refractivity contribution in [1.29, 1.82) is 0 Å². The van der Waals surface area contributed by atoms with Crippen molar-refractivity contribution in [2.24, 2.45) is 0 Å². The minimum absolute atomic E-state index is 0.0353. The van der Waals surface area contributed by atoms with E-state index in [1.807, 2.05) is 12.1 Å². The summed E-state index contributed by atoms with van der Waals surface area (Å²) in [7, 11) is 0. The Morgan fingerprint density at radius 2 is 0.767 bits per heavy atom. The molecule has 0 spiro atoms. The van der Waals surface area contributed by atoms with Gasteiger partial charge in [-0.25, -0.2) is 0 Å². The maximum atomic E-state index is 6.56. The van der Waals surface area contributed by atoms with E-state index >= 15 is 0 Å². The highest BCUT2D eigenvalue weighted by Crippen LogP contribution is 2.48. The molecule has 0 saturated carbocycles. The zero-order valence-corrected chi connectivity index (χ0v) is 42.0. The van der Waals surface area contributed by atoms with Crippen LogP contribution in [0.4, 0.5) is 34.1 Å². The van der Waals surface area contributed by atoms with E-state index in [1.54, 1.807) is 0 Å². The molecule has 350 valence electrons. The molecule has 10 aromatic carbocycles. The smallest absolute Gasteiger partial charge is 0.252 e. The summed E-state index contributed by atoms with van der Waals surface area (Å²) in [5.74, 6) is 0. The zero-order chi connectivity index (χ0) is 49.3. The molecule has 2 aliphatic rings. The van der Waals surface area contributed by atoms with Crippen molar-refractivity contribution in [2.75, 3.05) is 9.80 Å². The first-order valence-corrected chi connectivity index (χ1v) is 25.6. The predicted molar refractivity (Wildman–Crippen MR) is 309 cm³/mol. The quantitative estimate of drug-likeness (QED) is 0.161. The minimum Gasteiger partial charge on any atom is -0.455 e. The number of hydrogen-bond donors (Lipinski definition) is 0. The molecule has 0 unspecified atom stereocenters. The Morgan fingerprint density at radius 1 is 0.342 bits per heavy atom. The molecule has 0 N–H and O–H groups in total. The third kappa shape index (κ3) is 6.82. The molecule has 4 nitrogen and oxygen atoms in total. The van der Waals surface area contributed by atoms with Gasteiger partial charge in [-0.15, -0.1) is 0 Å². The number of benzene rings is 10. The fourth-order valence-electron chi connectivity index (χ4n) is 11.8. The van der Waals surface area contributed by atoms with E-state index in [0.29, 0.717) is 0 Å². The van der Waals surface area contributed by atoms with Crippen molar-refractivity contribution in [3.8, 4) is 33.4 Å². The summed E-state index contributed by atoms with van der Waals surface area (Å²) >= 11 is 0. The van der Waals surface area contributed by atoms with Crippen LogP contribution in [0.2, 0.25) is 0 Å². The topological polar surface area (TPSA) is 32.8 Å². The van der Waals surface area contributed by atoms with Gasteiger partial charge in [-0.3, -0.25) is 0 Å². The number of rotatable bonds is 5. The first-order chi connectivity index (χ1) is 35.5. The zero-order valence-electron chi connectivity index (χ0n) is 42.0. The van der Waals surface area contributed by atoms with Crippen molar-refractivity contribution >= 4 is 101 Å². The van der Waals surface area contributed by atoms with Gasteiger partial charge in [0.05, 0.1) is 0 Å². The lowest BCUT2D eigenvalue weighted by Gasteiger charge is -2.45. The summed E-state index contributed by atoms with van der Waals surface area (Å²) in [5.41, 5.74) is 23.7. The van der Waals surface area contributed by atoms with E-state index in [-0.39, 0.29) is 17.5 Å². The molecule has 12 aromatic rings. The van der Waals surface area contributed by atoms with Crippen LogP contribution in [0.15, 0.2) is 221 Å². The van der Waals surface area contributed by atoms with Gasteiger partial charge in [0.25, 0.3) is 6.71 Å². The van der Waals surface area contributed by atoms with Gasteiger partial charge in [-0.05, 0) is 121 Å². The molecule has 0 aliphatic carbocycles. The molecule has 5 heteroatoms. The van der Waals surface area contributed by atoms with Crippen LogP contribution < -0.4 is 26.2 Å². The average Bonchev–Trinajstić information content (AvgIpc) is 3.99. The van der Waals surface area contributed by atoms with Gasteiger partial charge in [0.15, 0.2) is 0 Å². The van der Waals surface area contributed by atoms with E-state index < -0.39 is 0 Å². The Hall–Kier alpha value is -8.54. The van der Waals surface area contributed by atoms with Gasteiger partial charge >= 0.3 is 0 Å². The number of para-hydroxylation sites is 4. The van der Waals surface area contributed by atoms with Crippen molar-refractivity contribution in [2.45, 2.75) is 52.4 Å². The molecule has 14 rings (SSSR count). The second-order valence-corrected chi connectivity index (χ2v) is 22.1. The highest BCUT2D eigenvalue weighted by molar-refractivity contribution is 7.00. The number of anilines is 6.